The van der Waals surface area contributed by atoms with Crippen LogP contribution < -0.4 is 4.80 Å². The zero-order valence-electron chi connectivity index (χ0n) is 14.3. The maximum atomic E-state index is 13.2. The van der Waals surface area contributed by atoms with Crippen molar-refractivity contribution in [2.45, 2.75) is 6.92 Å². The maximum Gasteiger partial charge on any atom is 0.281 e. The van der Waals surface area contributed by atoms with Gasteiger partial charge in [0.2, 0.25) is 0 Å². The van der Waals surface area contributed by atoms with Crippen molar-refractivity contribution in [3.8, 4) is 11.3 Å². The Morgan fingerprint density at radius 3 is 2.52 bits per heavy atom. The monoisotopic (exact) mass is 405 g/mol. The fraction of sp³-hybridized carbons (Fsp3) is 0.111. The number of non-ortho nitro benzene ring substituents is 1. The Labute approximate surface area is 162 Å². The van der Waals surface area contributed by atoms with Gasteiger partial charge in [-0.1, -0.05) is 11.6 Å². The van der Waals surface area contributed by atoms with Crippen LogP contribution in [-0.2, 0) is 7.05 Å². The van der Waals surface area contributed by atoms with E-state index in [1.165, 1.54) is 35.6 Å². The number of carbonyl (C=O) groups excluding carboxylic acids is 1. The number of hydrogen-bond donors (Lipinski definition) is 0. The van der Waals surface area contributed by atoms with Gasteiger partial charge in [-0.05, 0) is 42.8 Å². The SMILES string of the molecule is Cc1sc(=NC(=O)c2ccc([N+](=O)[O-])cc2Cl)n(C)c1-c1ccc(F)cc1. The second kappa shape index (κ2) is 7.42. The Morgan fingerprint density at radius 1 is 1.26 bits per heavy atom. The molecule has 1 amide bonds. The number of benzene rings is 2. The lowest BCUT2D eigenvalue weighted by Crippen LogP contribution is -2.14. The standard InChI is InChI=1S/C18H13ClFN3O3S/c1-10-16(11-3-5-12(20)6-4-11)22(2)18(27-10)21-17(24)14-8-7-13(23(25)26)9-15(14)19/h3-9H,1-2H3. The predicted molar refractivity (Wildman–Crippen MR) is 101 cm³/mol. The lowest BCUT2D eigenvalue weighted by atomic mass is 10.1. The number of nitro groups is 1. The van der Waals surface area contributed by atoms with E-state index in [4.69, 9.17) is 11.6 Å². The molecule has 0 radical (unpaired) electrons. The molecule has 0 saturated heterocycles. The van der Waals surface area contributed by atoms with Crippen molar-refractivity contribution in [3.63, 3.8) is 0 Å². The molecular weight excluding hydrogens is 393 g/mol. The molecule has 0 spiro atoms. The number of thiazole rings is 1. The molecule has 1 aromatic heterocycles. The molecule has 0 N–H and O–H groups in total. The molecule has 9 heteroatoms. The van der Waals surface area contributed by atoms with Crippen LogP contribution in [0.2, 0.25) is 5.02 Å². The predicted octanol–water partition coefficient (Wildman–Crippen LogP) is 4.50. The number of rotatable bonds is 3. The molecule has 0 aliphatic heterocycles. The highest BCUT2D eigenvalue weighted by Crippen LogP contribution is 2.25. The van der Waals surface area contributed by atoms with Crippen molar-refractivity contribution in [2.24, 2.45) is 12.0 Å². The lowest BCUT2D eigenvalue weighted by Gasteiger charge is -2.04. The number of aromatic nitrogens is 1. The molecule has 0 unspecified atom stereocenters. The third kappa shape index (κ3) is 3.81. The normalized spacial score (nSPS) is 11.6. The van der Waals surface area contributed by atoms with Gasteiger partial charge in [-0.25, -0.2) is 4.39 Å². The highest BCUT2D eigenvalue weighted by molar-refractivity contribution is 7.09. The zero-order chi connectivity index (χ0) is 19.7. The molecule has 0 saturated carbocycles. The smallest absolute Gasteiger partial charge is 0.281 e. The highest BCUT2D eigenvalue weighted by atomic mass is 35.5. The van der Waals surface area contributed by atoms with E-state index in [9.17, 15) is 19.3 Å². The summed E-state index contributed by atoms with van der Waals surface area (Å²) in [6.07, 6.45) is 0. The van der Waals surface area contributed by atoms with Crippen LogP contribution in [0.5, 0.6) is 0 Å². The first-order chi connectivity index (χ1) is 12.8. The first-order valence-electron chi connectivity index (χ1n) is 7.73. The van der Waals surface area contributed by atoms with Crippen LogP contribution in [0.4, 0.5) is 10.1 Å². The van der Waals surface area contributed by atoms with Crippen LogP contribution >= 0.6 is 22.9 Å². The summed E-state index contributed by atoms with van der Waals surface area (Å²) >= 11 is 7.30. The molecule has 138 valence electrons. The molecule has 0 bridgehead atoms. The zero-order valence-corrected chi connectivity index (χ0v) is 15.8. The Bertz CT molecular complexity index is 1120. The summed E-state index contributed by atoms with van der Waals surface area (Å²) in [6, 6.07) is 9.66. The number of nitrogens with zero attached hydrogens (tertiary/aromatic N) is 3. The topological polar surface area (TPSA) is 77.5 Å². The maximum absolute atomic E-state index is 13.2. The van der Waals surface area contributed by atoms with Gasteiger partial charge in [0, 0.05) is 24.1 Å². The van der Waals surface area contributed by atoms with E-state index in [0.717, 1.165) is 22.2 Å². The Hall–Kier alpha value is -2.84. The van der Waals surface area contributed by atoms with Crippen molar-refractivity contribution in [1.29, 1.82) is 0 Å². The van der Waals surface area contributed by atoms with Crippen molar-refractivity contribution in [2.75, 3.05) is 0 Å². The van der Waals surface area contributed by atoms with E-state index in [1.807, 2.05) is 6.92 Å². The molecule has 2 aromatic carbocycles. The van der Waals surface area contributed by atoms with Gasteiger partial charge in [0.1, 0.15) is 5.82 Å². The second-order valence-corrected chi connectivity index (χ2v) is 7.28. The summed E-state index contributed by atoms with van der Waals surface area (Å²) < 4.78 is 14.9. The largest absolute Gasteiger partial charge is 0.319 e. The Balaban J connectivity index is 2.03. The molecule has 0 atom stereocenters. The molecule has 3 rings (SSSR count). The van der Waals surface area contributed by atoms with Gasteiger partial charge < -0.3 is 4.57 Å². The lowest BCUT2D eigenvalue weighted by molar-refractivity contribution is -0.384. The molecular formula is C18H13ClFN3O3S. The minimum Gasteiger partial charge on any atom is -0.319 e. The number of amides is 1. The third-order valence-electron chi connectivity index (χ3n) is 3.91. The molecule has 27 heavy (non-hydrogen) atoms. The van der Waals surface area contributed by atoms with Crippen molar-refractivity contribution < 1.29 is 14.1 Å². The van der Waals surface area contributed by atoms with E-state index < -0.39 is 10.8 Å². The summed E-state index contributed by atoms with van der Waals surface area (Å²) in [6.45, 7) is 1.88. The van der Waals surface area contributed by atoms with Crippen LogP contribution in [0.3, 0.4) is 0 Å². The van der Waals surface area contributed by atoms with Gasteiger partial charge in [-0.2, -0.15) is 4.99 Å². The molecule has 0 fully saturated rings. The summed E-state index contributed by atoms with van der Waals surface area (Å²) in [5.41, 5.74) is 1.50. The van der Waals surface area contributed by atoms with Crippen LogP contribution in [0, 0.1) is 22.9 Å². The molecule has 3 aromatic rings. The molecule has 0 aliphatic rings. The van der Waals surface area contributed by atoms with Gasteiger partial charge in [0.15, 0.2) is 4.80 Å². The fourth-order valence-corrected chi connectivity index (χ4v) is 3.86. The van der Waals surface area contributed by atoms with Crippen molar-refractivity contribution in [3.05, 3.63) is 78.7 Å². The van der Waals surface area contributed by atoms with Crippen molar-refractivity contribution >= 4 is 34.5 Å². The Morgan fingerprint density at radius 2 is 1.93 bits per heavy atom. The van der Waals surface area contributed by atoms with E-state index in [2.05, 4.69) is 4.99 Å². The molecule has 0 aliphatic carbocycles. The molecule has 1 heterocycles. The first-order valence-corrected chi connectivity index (χ1v) is 8.92. The summed E-state index contributed by atoms with van der Waals surface area (Å²) in [5, 5.41) is 10.7. The first kappa shape index (κ1) is 18.9. The number of hydrogen-bond acceptors (Lipinski definition) is 4. The Kier molecular flexibility index (Phi) is 5.20. The van der Waals surface area contributed by atoms with Gasteiger partial charge in [0.05, 0.1) is 21.2 Å². The van der Waals surface area contributed by atoms with E-state index in [-0.39, 0.29) is 22.1 Å². The van der Waals surface area contributed by atoms with Crippen LogP contribution in [0.1, 0.15) is 15.2 Å². The fourth-order valence-electron chi connectivity index (χ4n) is 2.63. The van der Waals surface area contributed by atoms with Crippen LogP contribution in [0.15, 0.2) is 47.5 Å². The number of carbonyl (C=O) groups is 1. The van der Waals surface area contributed by atoms with Gasteiger partial charge in [-0.15, -0.1) is 11.3 Å². The summed E-state index contributed by atoms with van der Waals surface area (Å²) in [5.74, 6) is -0.931. The highest BCUT2D eigenvalue weighted by Gasteiger charge is 2.16. The van der Waals surface area contributed by atoms with Gasteiger partial charge in [0.25, 0.3) is 11.6 Å². The van der Waals surface area contributed by atoms with Crippen LogP contribution in [0.25, 0.3) is 11.3 Å². The number of halogens is 2. The van der Waals surface area contributed by atoms with Crippen molar-refractivity contribution in [1.82, 2.24) is 4.57 Å². The van der Waals surface area contributed by atoms with Crippen LogP contribution in [-0.4, -0.2) is 15.4 Å². The molecule has 6 nitrogen and oxygen atoms in total. The average molecular weight is 406 g/mol. The van der Waals surface area contributed by atoms with E-state index in [0.29, 0.717) is 4.80 Å². The van der Waals surface area contributed by atoms with E-state index >= 15 is 0 Å². The van der Waals surface area contributed by atoms with Gasteiger partial charge >= 0.3 is 0 Å². The second-order valence-electron chi connectivity index (χ2n) is 5.69. The minimum absolute atomic E-state index is 0.0346. The minimum atomic E-state index is -0.600. The average Bonchev–Trinajstić information content (AvgIpc) is 2.89. The number of nitro benzene ring substituents is 1. The third-order valence-corrected chi connectivity index (χ3v) is 5.27. The van der Waals surface area contributed by atoms with E-state index in [1.54, 1.807) is 23.7 Å². The quantitative estimate of drug-likeness (QED) is 0.475. The van der Waals surface area contributed by atoms with Gasteiger partial charge in [-0.3, -0.25) is 14.9 Å². The summed E-state index contributed by atoms with van der Waals surface area (Å²) in [4.78, 5) is 28.1. The summed E-state index contributed by atoms with van der Waals surface area (Å²) in [7, 11) is 1.76. The number of aryl methyl sites for hydroxylation is 1.